The zero-order valence-corrected chi connectivity index (χ0v) is 15.0. The van der Waals surface area contributed by atoms with E-state index in [0.717, 1.165) is 11.8 Å². The summed E-state index contributed by atoms with van der Waals surface area (Å²) >= 11 is 0. The molecule has 1 aliphatic carbocycles. The van der Waals surface area contributed by atoms with Crippen molar-refractivity contribution in [2.24, 2.45) is 11.8 Å². The van der Waals surface area contributed by atoms with Crippen LogP contribution in [0.15, 0.2) is 0 Å². The van der Waals surface area contributed by atoms with Gasteiger partial charge in [0.15, 0.2) is 0 Å². The third kappa shape index (κ3) is 4.45. The average molecular weight is 295 g/mol. The molecular formula is C19H38N2. The Kier molecular flexibility index (Phi) is 6.55. The molecule has 1 unspecified atom stereocenters. The molecule has 1 saturated heterocycles. The Hall–Kier alpha value is -0.0800. The molecule has 0 amide bonds. The van der Waals surface area contributed by atoms with Gasteiger partial charge in [0, 0.05) is 31.2 Å². The zero-order valence-electron chi connectivity index (χ0n) is 15.0. The van der Waals surface area contributed by atoms with Crippen LogP contribution in [0, 0.1) is 11.8 Å². The number of nitrogens with one attached hydrogen (secondary N) is 1. The molecule has 1 heterocycles. The second-order valence-electron chi connectivity index (χ2n) is 8.08. The van der Waals surface area contributed by atoms with E-state index in [2.05, 4.69) is 37.9 Å². The van der Waals surface area contributed by atoms with Crippen molar-refractivity contribution in [1.82, 2.24) is 10.2 Å². The highest BCUT2D eigenvalue weighted by molar-refractivity contribution is 5.01. The van der Waals surface area contributed by atoms with Crippen LogP contribution in [0.5, 0.6) is 0 Å². The Morgan fingerprint density at radius 1 is 1.10 bits per heavy atom. The molecule has 2 aliphatic rings. The second-order valence-corrected chi connectivity index (χ2v) is 8.08. The first-order chi connectivity index (χ1) is 10.1. The van der Waals surface area contributed by atoms with Gasteiger partial charge in [-0.3, -0.25) is 4.90 Å². The minimum Gasteiger partial charge on any atom is -0.311 e. The van der Waals surface area contributed by atoms with E-state index >= 15 is 0 Å². The van der Waals surface area contributed by atoms with E-state index in [9.17, 15) is 0 Å². The molecule has 0 radical (unpaired) electrons. The molecular weight excluding hydrogens is 256 g/mol. The van der Waals surface area contributed by atoms with Gasteiger partial charge in [-0.25, -0.2) is 0 Å². The van der Waals surface area contributed by atoms with E-state index < -0.39 is 0 Å². The summed E-state index contributed by atoms with van der Waals surface area (Å²) in [6, 6.07) is 0.715. The lowest BCUT2D eigenvalue weighted by molar-refractivity contribution is -0.00509. The highest BCUT2D eigenvalue weighted by Crippen LogP contribution is 2.36. The fourth-order valence-electron chi connectivity index (χ4n) is 4.53. The van der Waals surface area contributed by atoms with Gasteiger partial charge in [0.1, 0.15) is 0 Å². The average Bonchev–Trinajstić information content (AvgIpc) is 2.48. The Morgan fingerprint density at radius 2 is 1.76 bits per heavy atom. The third-order valence-corrected chi connectivity index (χ3v) is 6.00. The van der Waals surface area contributed by atoms with Gasteiger partial charge in [-0.2, -0.15) is 0 Å². The number of hydrogen-bond acceptors (Lipinski definition) is 2. The van der Waals surface area contributed by atoms with Gasteiger partial charge in [-0.1, -0.05) is 59.8 Å². The van der Waals surface area contributed by atoms with Crippen LogP contribution in [0.2, 0.25) is 0 Å². The Morgan fingerprint density at radius 3 is 2.33 bits per heavy atom. The molecule has 124 valence electrons. The molecule has 0 aromatic rings. The molecule has 1 N–H and O–H groups in total. The lowest BCUT2D eigenvalue weighted by Crippen LogP contribution is -2.66. The Bertz CT molecular complexity index is 290. The van der Waals surface area contributed by atoms with Crippen LogP contribution >= 0.6 is 0 Å². The summed E-state index contributed by atoms with van der Waals surface area (Å²) < 4.78 is 0. The topological polar surface area (TPSA) is 15.3 Å². The van der Waals surface area contributed by atoms with Crippen LogP contribution in [0.3, 0.4) is 0 Å². The molecule has 2 rings (SSSR count). The summed E-state index contributed by atoms with van der Waals surface area (Å²) in [5.41, 5.74) is 0.494. The lowest BCUT2D eigenvalue weighted by atomic mass is 9.77. The molecule has 1 spiro atoms. The molecule has 0 aromatic carbocycles. The van der Waals surface area contributed by atoms with E-state index in [1.165, 1.54) is 71.0 Å². The van der Waals surface area contributed by atoms with Crippen LogP contribution in [0.1, 0.15) is 79.1 Å². The first-order valence-corrected chi connectivity index (χ1v) is 9.58. The molecule has 2 heteroatoms. The van der Waals surface area contributed by atoms with Crippen molar-refractivity contribution in [3.05, 3.63) is 0 Å². The molecule has 2 nitrogen and oxygen atoms in total. The van der Waals surface area contributed by atoms with Crippen molar-refractivity contribution < 1.29 is 0 Å². The summed E-state index contributed by atoms with van der Waals surface area (Å²) in [7, 11) is 0. The normalized spacial score (nSPS) is 26.9. The molecule has 0 bridgehead atoms. The van der Waals surface area contributed by atoms with Crippen molar-refractivity contribution >= 4 is 0 Å². The summed E-state index contributed by atoms with van der Waals surface area (Å²) in [4.78, 5) is 2.92. The number of piperazine rings is 1. The van der Waals surface area contributed by atoms with Gasteiger partial charge in [0.05, 0.1) is 0 Å². The van der Waals surface area contributed by atoms with Crippen molar-refractivity contribution in [2.75, 3.05) is 19.6 Å². The summed E-state index contributed by atoms with van der Waals surface area (Å²) in [6.07, 6.45) is 11.2. The highest BCUT2D eigenvalue weighted by Gasteiger charge is 2.42. The summed E-state index contributed by atoms with van der Waals surface area (Å²) in [5.74, 6) is 1.69. The first kappa shape index (κ1) is 17.3. The van der Waals surface area contributed by atoms with Crippen LogP contribution in [0.25, 0.3) is 0 Å². The Balaban J connectivity index is 2.05. The maximum absolute atomic E-state index is 3.91. The van der Waals surface area contributed by atoms with Gasteiger partial charge in [0.2, 0.25) is 0 Å². The fraction of sp³-hybridized carbons (Fsp3) is 1.00. The quantitative estimate of drug-likeness (QED) is 0.779. The molecule has 0 aromatic heterocycles. The number of nitrogens with zero attached hydrogens (tertiary/aromatic N) is 1. The molecule has 2 fully saturated rings. The predicted molar refractivity (Wildman–Crippen MR) is 92.7 cm³/mol. The standard InChI is InChI=1S/C19H38N2/c1-5-17(6-2)13-21-14-18(12-16(3)4)20-15-19(21)10-8-7-9-11-19/h16-18,20H,5-15H2,1-4H3. The molecule has 1 saturated carbocycles. The van der Waals surface area contributed by atoms with E-state index in [-0.39, 0.29) is 0 Å². The van der Waals surface area contributed by atoms with Crippen LogP contribution < -0.4 is 5.32 Å². The molecule has 1 atom stereocenters. The van der Waals surface area contributed by atoms with Crippen LogP contribution in [0.4, 0.5) is 0 Å². The molecule has 1 aliphatic heterocycles. The SMILES string of the molecule is CCC(CC)CN1CC(CC(C)C)NCC12CCCCC2. The van der Waals surface area contributed by atoms with Crippen molar-refractivity contribution in [3.8, 4) is 0 Å². The van der Waals surface area contributed by atoms with Gasteiger partial charge in [-0.15, -0.1) is 0 Å². The fourth-order valence-corrected chi connectivity index (χ4v) is 4.53. The van der Waals surface area contributed by atoms with Gasteiger partial charge >= 0.3 is 0 Å². The van der Waals surface area contributed by atoms with Crippen molar-refractivity contribution in [3.63, 3.8) is 0 Å². The zero-order chi connectivity index (χ0) is 15.3. The van der Waals surface area contributed by atoms with E-state index in [0.29, 0.717) is 11.6 Å². The smallest absolute Gasteiger partial charge is 0.0334 e. The lowest BCUT2D eigenvalue weighted by Gasteiger charge is -2.53. The number of rotatable bonds is 6. The van der Waals surface area contributed by atoms with Crippen LogP contribution in [-0.2, 0) is 0 Å². The highest BCUT2D eigenvalue weighted by atomic mass is 15.3. The van der Waals surface area contributed by atoms with E-state index in [4.69, 9.17) is 0 Å². The predicted octanol–water partition coefficient (Wildman–Crippen LogP) is 4.45. The minimum absolute atomic E-state index is 0.494. The maximum atomic E-state index is 3.91. The summed E-state index contributed by atoms with van der Waals surface area (Å²) in [5, 5.41) is 3.91. The monoisotopic (exact) mass is 294 g/mol. The minimum atomic E-state index is 0.494. The summed E-state index contributed by atoms with van der Waals surface area (Å²) in [6.45, 7) is 13.3. The Labute approximate surface area is 133 Å². The van der Waals surface area contributed by atoms with Gasteiger partial charge in [-0.05, 0) is 31.1 Å². The largest absolute Gasteiger partial charge is 0.311 e. The van der Waals surface area contributed by atoms with Crippen LogP contribution in [-0.4, -0.2) is 36.1 Å². The van der Waals surface area contributed by atoms with E-state index in [1.807, 2.05) is 0 Å². The number of hydrogen-bond donors (Lipinski definition) is 1. The van der Waals surface area contributed by atoms with E-state index in [1.54, 1.807) is 0 Å². The third-order valence-electron chi connectivity index (χ3n) is 6.00. The van der Waals surface area contributed by atoms with Crippen molar-refractivity contribution in [2.45, 2.75) is 90.6 Å². The van der Waals surface area contributed by atoms with Gasteiger partial charge in [0.25, 0.3) is 0 Å². The van der Waals surface area contributed by atoms with Crippen molar-refractivity contribution in [1.29, 1.82) is 0 Å². The van der Waals surface area contributed by atoms with Gasteiger partial charge < -0.3 is 5.32 Å². The maximum Gasteiger partial charge on any atom is 0.0334 e. The molecule has 21 heavy (non-hydrogen) atoms. The second kappa shape index (κ2) is 7.97. The first-order valence-electron chi connectivity index (χ1n) is 9.58.